The number of benzene rings is 3. The van der Waals surface area contributed by atoms with E-state index >= 15 is 14.4 Å². The molecule has 2 aliphatic rings. The minimum Gasteiger partial charge on any atom is -0.508 e. The summed E-state index contributed by atoms with van der Waals surface area (Å²) in [7, 11) is 0. The molecule has 9 atom stereocenters. The van der Waals surface area contributed by atoms with E-state index in [1.54, 1.807) is 6.20 Å². The lowest BCUT2D eigenvalue weighted by Crippen LogP contribution is -2.63. The van der Waals surface area contributed by atoms with Crippen LogP contribution in [0.3, 0.4) is 0 Å². The van der Waals surface area contributed by atoms with Crippen LogP contribution < -0.4 is 48.3 Å². The Morgan fingerprint density at radius 2 is 1.35 bits per heavy atom. The van der Waals surface area contributed by atoms with Crippen molar-refractivity contribution in [3.63, 3.8) is 0 Å². The molecule has 33 heteroatoms. The number of ketones is 1. The Morgan fingerprint density at radius 1 is 0.710 bits per heavy atom. The van der Waals surface area contributed by atoms with Crippen LogP contribution in [0.15, 0.2) is 91.8 Å². The maximum atomic E-state index is 15.2. The molecule has 10 amide bonds. The van der Waals surface area contributed by atoms with E-state index in [9.17, 15) is 62.1 Å². The number of hydrogen-bond acceptors (Lipinski definition) is 16. The molecule has 4 aromatic heterocycles. The van der Waals surface area contributed by atoms with Gasteiger partial charge in [-0.25, -0.2) is 13.8 Å². The summed E-state index contributed by atoms with van der Waals surface area (Å²) in [6.45, 7) is 3.51. The number of imidazole rings is 1. The highest BCUT2D eigenvalue weighted by Gasteiger charge is 2.49. The number of nitrogens with one attached hydrogen (secondary N) is 11. The molecular weight excluding hydrogens is 1300 g/mol. The van der Waals surface area contributed by atoms with Crippen molar-refractivity contribution in [2.24, 2.45) is 11.7 Å². The number of aryl methyl sites for hydroxylation is 2. The van der Waals surface area contributed by atoms with E-state index in [4.69, 9.17) is 5.73 Å². The van der Waals surface area contributed by atoms with E-state index < -0.39 is 162 Å². The fourth-order valence-electron chi connectivity index (χ4n) is 12.4. The zero-order valence-electron chi connectivity index (χ0n) is 55.0. The van der Waals surface area contributed by atoms with Crippen LogP contribution in [0.1, 0.15) is 100 Å². The van der Waals surface area contributed by atoms with Crippen LogP contribution in [0, 0.1) is 17.6 Å². The number of halogens is 2. The van der Waals surface area contributed by atoms with Gasteiger partial charge in [-0.2, -0.15) is 0 Å². The van der Waals surface area contributed by atoms with E-state index in [2.05, 4.69) is 72.8 Å². The van der Waals surface area contributed by atoms with Crippen molar-refractivity contribution in [1.82, 2.24) is 82.4 Å². The first-order valence-electron chi connectivity index (χ1n) is 32.6. The predicted molar refractivity (Wildman–Crippen MR) is 352 cm³/mol. The minimum absolute atomic E-state index is 0.00765. The van der Waals surface area contributed by atoms with Gasteiger partial charge in [0.2, 0.25) is 59.1 Å². The molecule has 31 nitrogen and oxygen atoms in total. The molecule has 1 fully saturated rings. The summed E-state index contributed by atoms with van der Waals surface area (Å²) >= 11 is 0. The number of nitrogens with zero attached hydrogens (tertiary/aromatic N) is 5. The quantitative estimate of drug-likeness (QED) is 0.0792. The monoisotopic (exact) mass is 1380 g/mol. The lowest BCUT2D eigenvalue weighted by atomic mass is 9.91. The fourth-order valence-corrected chi connectivity index (χ4v) is 12.4. The Labute approximate surface area is 570 Å². The number of carboxylic acids is 1. The van der Waals surface area contributed by atoms with Crippen molar-refractivity contribution in [3.05, 3.63) is 131 Å². The van der Waals surface area contributed by atoms with E-state index in [0.29, 0.717) is 46.1 Å². The molecule has 0 aliphatic carbocycles. The van der Waals surface area contributed by atoms with Gasteiger partial charge in [0.15, 0.2) is 5.78 Å². The summed E-state index contributed by atoms with van der Waals surface area (Å²) in [5.74, 6) is -14.6. The highest BCUT2D eigenvalue weighted by atomic mass is 19.1. The number of primary amides is 1. The van der Waals surface area contributed by atoms with Crippen LogP contribution in [0.4, 0.5) is 8.78 Å². The fraction of sp³-hybridized carbons (Fsp3) is 0.418. The van der Waals surface area contributed by atoms with Crippen molar-refractivity contribution >= 4 is 92.6 Å². The number of phenols is 1. The number of carbonyl (C=O) groups excluding carboxylic acids is 11. The van der Waals surface area contributed by atoms with Gasteiger partial charge in [0, 0.05) is 104 Å². The number of nitrogens with two attached hydrogens (primary N) is 1. The highest BCUT2D eigenvalue weighted by Crippen LogP contribution is 2.32. The number of rotatable bonds is 12. The normalized spacial score (nSPS) is 23.6. The van der Waals surface area contributed by atoms with Crippen LogP contribution in [-0.4, -0.2) is 182 Å². The number of hydrogen-bond donors (Lipinski definition) is 14. The maximum absolute atomic E-state index is 15.2. The third-order valence-electron chi connectivity index (χ3n) is 17.8. The van der Waals surface area contributed by atoms with Gasteiger partial charge in [-0.15, -0.1) is 5.10 Å². The van der Waals surface area contributed by atoms with Crippen LogP contribution in [0.2, 0.25) is 0 Å². The summed E-state index contributed by atoms with van der Waals surface area (Å²) in [5.41, 5.74) is 6.72. The van der Waals surface area contributed by atoms with Gasteiger partial charge >= 0.3 is 5.97 Å². The standard InChI is InChI=1S/C67H79F2N17O14/c1-35-60(94)74-32-57(90)78-53(23-40-30-73-49-16-11-42(69)27-47(40)49)63(97)79-52(22-39-29-72-48-15-10-41(68)26-46(39)48)56(89)24-38(25-58(91)92)61(95)80-54(28-44-31-71-34-75-44)64(98)81-55(21-37-8-13-45(88)14-9-37)65(99)86-20-6-18-67(86,3)66(100)82-50(59(70)93)17-12-43-33-85(84-83-43)19-5-4-7-51(62(96)76-35)77-36(2)87/h8-11,13-16,26-27,29-31,33-35,38,50-55,72-73,88H,4-7,12,17-25,28,32H2,1-3H3,(H2,70,93)(H,71,75)(H,74,94)(H,76,96)(H,77,87)(H,78,90)(H,79,97)(H,80,95)(H,81,98)(H,82,100)(H,91,92)/t35-,38-,50-,51-,52-,53-,54-,55-,67-/m0/s1. The SMILES string of the molecule is CC(=O)N[C@H]1CCCCn2cc(nn2)CC[C@@H](C(N)=O)NC(=O)[C@]2(C)CCCN2C(=O)[C@H](Cc2ccc(O)cc2)NC(=O)[C@H](Cc2cnc[nH]2)NC(=O)[C@H](CC(=O)O)CC(=O)[C@H](Cc2c[nH]c3ccc(F)cc23)NC(=O)[C@H](Cc2c[nH]c3ccc(F)cc23)NC(=O)CNC(=O)[C@H](C)NC1=O. The van der Waals surface area contributed by atoms with Gasteiger partial charge in [0.25, 0.3) is 0 Å². The largest absolute Gasteiger partial charge is 0.508 e. The molecular formula is C67H79F2N17O14. The number of amides is 10. The number of fused-ring (bicyclic) bond motifs is 5. The summed E-state index contributed by atoms with van der Waals surface area (Å²) in [6, 6.07) is 3.02. The van der Waals surface area contributed by atoms with E-state index in [1.807, 2.05) is 0 Å². The van der Waals surface area contributed by atoms with Gasteiger partial charge < -0.3 is 78.3 Å². The second-order valence-electron chi connectivity index (χ2n) is 25.3. The molecule has 2 aliphatic heterocycles. The first kappa shape index (κ1) is 72.8. The summed E-state index contributed by atoms with van der Waals surface area (Å²) in [6.07, 6.45) is 5.00. The topological polar surface area (TPSA) is 462 Å². The maximum Gasteiger partial charge on any atom is 0.304 e. The molecule has 6 heterocycles. The molecule has 0 unspecified atom stereocenters. The Bertz CT molecular complexity index is 4190. The molecule has 0 saturated carbocycles. The molecule has 7 aromatic rings. The third kappa shape index (κ3) is 19.0. The van der Waals surface area contributed by atoms with E-state index in [0.717, 1.165) is 0 Å². The second kappa shape index (κ2) is 32.8. The summed E-state index contributed by atoms with van der Waals surface area (Å²) in [4.78, 5) is 183. The lowest BCUT2D eigenvalue weighted by molar-refractivity contribution is -0.147. The molecule has 100 heavy (non-hydrogen) atoms. The first-order valence-corrected chi connectivity index (χ1v) is 32.6. The zero-order valence-corrected chi connectivity index (χ0v) is 55.0. The number of carboxylic acid groups (broad SMARTS) is 1. The Kier molecular flexibility index (Phi) is 23.9. The van der Waals surface area contributed by atoms with E-state index in [1.165, 1.54) is 116 Å². The van der Waals surface area contributed by atoms with Gasteiger partial charge in [0.1, 0.15) is 59.2 Å². The first-order chi connectivity index (χ1) is 47.7. The molecule has 0 spiro atoms. The van der Waals surface area contributed by atoms with Gasteiger partial charge in [-0.3, -0.25) is 62.2 Å². The van der Waals surface area contributed by atoms with Crippen LogP contribution in [0.5, 0.6) is 5.75 Å². The van der Waals surface area contributed by atoms with Crippen molar-refractivity contribution in [3.8, 4) is 5.75 Å². The van der Waals surface area contributed by atoms with Crippen molar-refractivity contribution in [2.75, 3.05) is 13.1 Å². The molecule has 0 radical (unpaired) electrons. The summed E-state index contributed by atoms with van der Waals surface area (Å²) < 4.78 is 31.3. The number of aromatic nitrogens is 7. The third-order valence-corrected chi connectivity index (χ3v) is 17.8. The van der Waals surface area contributed by atoms with Crippen molar-refractivity contribution in [2.45, 2.75) is 159 Å². The van der Waals surface area contributed by atoms with E-state index in [-0.39, 0.29) is 86.8 Å². The van der Waals surface area contributed by atoms with Gasteiger partial charge in [-0.05, 0) is 124 Å². The molecule has 15 N–H and O–H groups in total. The van der Waals surface area contributed by atoms with Crippen LogP contribution in [0.25, 0.3) is 21.8 Å². The smallest absolute Gasteiger partial charge is 0.304 e. The van der Waals surface area contributed by atoms with Crippen molar-refractivity contribution < 1.29 is 76.5 Å². The lowest BCUT2D eigenvalue weighted by Gasteiger charge is -2.37. The molecule has 1 saturated heterocycles. The average Bonchev–Trinajstić information content (AvgIpc) is 1.60. The number of aromatic hydroxyl groups is 1. The number of aromatic amines is 3. The van der Waals surface area contributed by atoms with Gasteiger partial charge in [0.05, 0.1) is 36.9 Å². The van der Waals surface area contributed by atoms with Crippen molar-refractivity contribution in [1.29, 1.82) is 0 Å². The van der Waals surface area contributed by atoms with Crippen LogP contribution >= 0.6 is 0 Å². The number of phenolic OH excluding ortho intramolecular Hbond substituents is 1. The Morgan fingerprint density at radius 3 is 1.98 bits per heavy atom. The molecule has 530 valence electrons. The number of H-pyrrole nitrogens is 3. The Hall–Kier alpha value is -11.4. The molecule has 3 aromatic carbocycles. The average molecular weight is 1380 g/mol. The number of aliphatic carboxylic acids is 1. The van der Waals surface area contributed by atoms with Crippen LogP contribution in [-0.2, 0) is 96.2 Å². The second-order valence-corrected chi connectivity index (χ2v) is 25.3. The molecule has 9 rings (SSSR count). The summed E-state index contributed by atoms with van der Waals surface area (Å²) in [5, 5.41) is 50.3. The number of Topliss-reactive ketones (excluding diaryl/α,β-unsaturated/α-hetero) is 1. The van der Waals surface area contributed by atoms with Gasteiger partial charge in [-0.1, -0.05) is 17.3 Å². The minimum atomic E-state index is -1.82. The molecule has 2 bridgehead atoms. The zero-order chi connectivity index (χ0) is 71.9. The predicted octanol–water partition coefficient (Wildman–Crippen LogP) is 0.501. The number of carbonyl (C=O) groups is 12. The Balaban J connectivity index is 1.06. The highest BCUT2D eigenvalue weighted by molar-refractivity contribution is 6.01.